The average Bonchev–Trinajstić information content (AvgIpc) is 3.10. The minimum absolute atomic E-state index is 0.0792. The van der Waals surface area contributed by atoms with E-state index in [1.165, 1.54) is 4.80 Å². The smallest absolute Gasteiger partial charge is 0.320 e. The van der Waals surface area contributed by atoms with Crippen molar-refractivity contribution in [2.75, 3.05) is 39.4 Å². The summed E-state index contributed by atoms with van der Waals surface area (Å²) in [4.78, 5) is 29.9. The first-order valence-corrected chi connectivity index (χ1v) is 9.40. The molecule has 2 aromatic rings. The molecule has 4 rings (SSSR count). The zero-order valence-electron chi connectivity index (χ0n) is 15.2. The van der Waals surface area contributed by atoms with E-state index in [0.717, 1.165) is 23.9 Å². The van der Waals surface area contributed by atoms with Gasteiger partial charge < -0.3 is 19.9 Å². The molecule has 0 radical (unpaired) electrons. The third-order valence-electron chi connectivity index (χ3n) is 5.03. The van der Waals surface area contributed by atoms with E-state index in [4.69, 9.17) is 4.74 Å². The summed E-state index contributed by atoms with van der Waals surface area (Å²) in [6, 6.07) is 7.70. The van der Waals surface area contributed by atoms with Crippen LogP contribution in [0.25, 0.3) is 11.0 Å². The van der Waals surface area contributed by atoms with Gasteiger partial charge in [0, 0.05) is 32.2 Å². The van der Waals surface area contributed by atoms with Gasteiger partial charge in [-0.3, -0.25) is 4.79 Å². The molecular formula is C18H24N6O3. The highest BCUT2D eigenvalue weighted by atomic mass is 16.5. The highest BCUT2D eigenvalue weighted by molar-refractivity contribution is 5.77. The highest BCUT2D eigenvalue weighted by Gasteiger charge is 2.27. The topological polar surface area (TPSA) is 92.6 Å². The van der Waals surface area contributed by atoms with Crippen molar-refractivity contribution in [1.29, 1.82) is 0 Å². The van der Waals surface area contributed by atoms with Crippen molar-refractivity contribution in [2.45, 2.75) is 25.4 Å². The Hall–Kier alpha value is -2.68. The number of amides is 3. The van der Waals surface area contributed by atoms with Crippen molar-refractivity contribution >= 4 is 23.0 Å². The van der Waals surface area contributed by atoms with Crippen molar-refractivity contribution in [3.05, 3.63) is 24.3 Å². The molecule has 9 nitrogen and oxygen atoms in total. The molecule has 2 aliphatic heterocycles. The molecule has 27 heavy (non-hydrogen) atoms. The third kappa shape index (κ3) is 4.19. The Labute approximate surface area is 157 Å². The van der Waals surface area contributed by atoms with Gasteiger partial charge in [-0.1, -0.05) is 12.1 Å². The maximum absolute atomic E-state index is 12.5. The van der Waals surface area contributed by atoms with Crippen LogP contribution in [0.15, 0.2) is 24.3 Å². The molecule has 0 spiro atoms. The molecule has 2 fully saturated rings. The molecular weight excluding hydrogens is 348 g/mol. The number of rotatable bonds is 3. The normalized spacial score (nSPS) is 18.7. The zero-order chi connectivity index (χ0) is 18.6. The fourth-order valence-corrected chi connectivity index (χ4v) is 3.55. The van der Waals surface area contributed by atoms with Gasteiger partial charge in [-0.25, -0.2) is 4.79 Å². The molecule has 144 valence electrons. The number of likely N-dealkylation sites (tertiary alicyclic amines) is 1. The van der Waals surface area contributed by atoms with Crippen molar-refractivity contribution in [3.63, 3.8) is 0 Å². The van der Waals surface area contributed by atoms with Crippen LogP contribution in [0.5, 0.6) is 0 Å². The van der Waals surface area contributed by atoms with Crippen LogP contribution in [-0.4, -0.2) is 82.2 Å². The predicted molar refractivity (Wildman–Crippen MR) is 98.1 cm³/mol. The summed E-state index contributed by atoms with van der Waals surface area (Å²) < 4.78 is 5.29. The van der Waals surface area contributed by atoms with Crippen molar-refractivity contribution in [2.24, 2.45) is 0 Å². The summed E-state index contributed by atoms with van der Waals surface area (Å²) in [5.74, 6) is -0.103. The molecule has 0 atom stereocenters. The Morgan fingerprint density at radius 1 is 1.00 bits per heavy atom. The first-order chi connectivity index (χ1) is 13.2. The minimum Gasteiger partial charge on any atom is -0.378 e. The maximum Gasteiger partial charge on any atom is 0.320 e. The van der Waals surface area contributed by atoms with Crippen LogP contribution in [0.1, 0.15) is 12.8 Å². The second-order valence-electron chi connectivity index (χ2n) is 6.93. The number of nitrogens with zero attached hydrogens (tertiary/aromatic N) is 5. The first-order valence-electron chi connectivity index (χ1n) is 9.40. The summed E-state index contributed by atoms with van der Waals surface area (Å²) in [5, 5.41) is 11.7. The van der Waals surface area contributed by atoms with Crippen molar-refractivity contribution < 1.29 is 14.3 Å². The molecule has 0 unspecified atom stereocenters. The van der Waals surface area contributed by atoms with E-state index < -0.39 is 0 Å². The maximum atomic E-state index is 12.5. The number of hydrogen-bond donors (Lipinski definition) is 1. The largest absolute Gasteiger partial charge is 0.378 e. The molecule has 3 amide bonds. The van der Waals surface area contributed by atoms with Gasteiger partial charge in [-0.15, -0.1) is 0 Å². The molecule has 3 heterocycles. The van der Waals surface area contributed by atoms with Gasteiger partial charge >= 0.3 is 6.03 Å². The van der Waals surface area contributed by atoms with E-state index in [0.29, 0.717) is 39.4 Å². The van der Waals surface area contributed by atoms with Gasteiger partial charge in [-0.05, 0) is 25.0 Å². The lowest BCUT2D eigenvalue weighted by molar-refractivity contribution is -0.123. The molecule has 0 bridgehead atoms. The highest BCUT2D eigenvalue weighted by Crippen LogP contribution is 2.14. The lowest BCUT2D eigenvalue weighted by Gasteiger charge is -2.37. The van der Waals surface area contributed by atoms with E-state index in [-0.39, 0.29) is 24.5 Å². The Kier molecular flexibility index (Phi) is 5.19. The zero-order valence-corrected chi connectivity index (χ0v) is 15.2. The molecule has 2 aliphatic rings. The number of benzene rings is 1. The van der Waals surface area contributed by atoms with Crippen LogP contribution in [0, 0.1) is 0 Å². The summed E-state index contributed by atoms with van der Waals surface area (Å²) in [6.07, 6.45) is 1.52. The average molecular weight is 372 g/mol. The summed E-state index contributed by atoms with van der Waals surface area (Å²) in [7, 11) is 0. The summed E-state index contributed by atoms with van der Waals surface area (Å²) >= 11 is 0. The molecule has 0 saturated carbocycles. The van der Waals surface area contributed by atoms with Crippen molar-refractivity contribution in [3.8, 4) is 0 Å². The number of aromatic nitrogens is 3. The monoisotopic (exact) mass is 372 g/mol. The number of morpholine rings is 1. The number of hydrogen-bond acceptors (Lipinski definition) is 5. The van der Waals surface area contributed by atoms with E-state index in [2.05, 4.69) is 15.5 Å². The number of fused-ring (bicyclic) bond motifs is 1. The first kappa shape index (κ1) is 17.7. The molecule has 1 aromatic carbocycles. The minimum atomic E-state index is -0.103. The van der Waals surface area contributed by atoms with E-state index in [1.807, 2.05) is 34.1 Å². The number of carbonyl (C=O) groups is 2. The summed E-state index contributed by atoms with van der Waals surface area (Å²) in [5.41, 5.74) is 1.56. The SMILES string of the molecule is O=C(Cn1nc2ccccc2n1)NC1CCN(C(=O)N2CCOCC2)CC1. The van der Waals surface area contributed by atoms with Gasteiger partial charge in [-0.2, -0.15) is 15.0 Å². The van der Waals surface area contributed by atoms with Crippen LogP contribution in [0.2, 0.25) is 0 Å². The second kappa shape index (κ2) is 7.91. The van der Waals surface area contributed by atoms with E-state index >= 15 is 0 Å². The second-order valence-corrected chi connectivity index (χ2v) is 6.93. The Morgan fingerprint density at radius 2 is 1.59 bits per heavy atom. The van der Waals surface area contributed by atoms with Gasteiger partial charge in [0.1, 0.15) is 17.6 Å². The van der Waals surface area contributed by atoms with Crippen LogP contribution >= 0.6 is 0 Å². The Bertz CT molecular complexity index is 775. The van der Waals surface area contributed by atoms with Gasteiger partial charge in [0.2, 0.25) is 5.91 Å². The molecule has 0 aliphatic carbocycles. The fraction of sp³-hybridized carbons (Fsp3) is 0.556. The molecule has 1 aromatic heterocycles. The van der Waals surface area contributed by atoms with E-state index in [1.54, 1.807) is 0 Å². The Morgan fingerprint density at radius 3 is 2.22 bits per heavy atom. The molecule has 9 heteroatoms. The lowest BCUT2D eigenvalue weighted by Crippen LogP contribution is -2.53. The van der Waals surface area contributed by atoms with Crippen LogP contribution < -0.4 is 5.32 Å². The van der Waals surface area contributed by atoms with Gasteiger partial charge in [0.05, 0.1) is 13.2 Å². The molecule has 1 N–H and O–H groups in total. The van der Waals surface area contributed by atoms with Crippen LogP contribution in [0.4, 0.5) is 4.79 Å². The van der Waals surface area contributed by atoms with Crippen molar-refractivity contribution in [1.82, 2.24) is 30.1 Å². The number of piperidine rings is 1. The molecule has 2 saturated heterocycles. The van der Waals surface area contributed by atoms with Crippen LogP contribution in [0.3, 0.4) is 0 Å². The Balaban J connectivity index is 1.24. The number of urea groups is 1. The van der Waals surface area contributed by atoms with E-state index in [9.17, 15) is 9.59 Å². The van der Waals surface area contributed by atoms with Gasteiger partial charge in [0.25, 0.3) is 0 Å². The number of ether oxygens (including phenoxy) is 1. The standard InChI is InChI=1S/C18H24N6O3/c25-17(13-24-20-15-3-1-2-4-16(15)21-24)19-14-5-7-22(8-6-14)18(26)23-9-11-27-12-10-23/h1-4,14H,5-13H2,(H,19,25). The quantitative estimate of drug-likeness (QED) is 0.845. The fourth-order valence-electron chi connectivity index (χ4n) is 3.55. The third-order valence-corrected chi connectivity index (χ3v) is 5.03. The van der Waals surface area contributed by atoms with Gasteiger partial charge in [0.15, 0.2) is 0 Å². The lowest BCUT2D eigenvalue weighted by atomic mass is 10.1. The summed E-state index contributed by atoms with van der Waals surface area (Å²) in [6.45, 7) is 3.93. The van der Waals surface area contributed by atoms with Crippen LogP contribution in [-0.2, 0) is 16.1 Å². The predicted octanol–water partition coefficient (Wildman–Crippen LogP) is 0.464. The number of nitrogens with one attached hydrogen (secondary N) is 1. The number of carbonyl (C=O) groups excluding carboxylic acids is 2.